The number of H-pyrrole nitrogens is 1. The first-order chi connectivity index (χ1) is 10.8. The molecule has 4 rings (SSSR count). The van der Waals surface area contributed by atoms with Crippen LogP contribution < -0.4 is 0 Å². The predicted octanol–water partition coefficient (Wildman–Crippen LogP) is 2.11. The highest BCUT2D eigenvalue weighted by Gasteiger charge is 2.44. The van der Waals surface area contributed by atoms with Crippen LogP contribution in [0.4, 0.5) is 13.2 Å². The van der Waals surface area contributed by atoms with Crippen molar-refractivity contribution in [3.8, 4) is 0 Å². The lowest BCUT2D eigenvalue weighted by atomic mass is 10.1. The van der Waals surface area contributed by atoms with Crippen LogP contribution in [0.2, 0.25) is 0 Å². The fraction of sp³-hybridized carbons (Fsp3) is 0.467. The number of likely N-dealkylation sites (tertiary alicyclic amines) is 2. The van der Waals surface area contributed by atoms with Gasteiger partial charge in [0.2, 0.25) is 0 Å². The summed E-state index contributed by atoms with van der Waals surface area (Å²) >= 11 is 0. The first-order valence-electron chi connectivity index (χ1n) is 7.41. The Bertz CT molecular complexity index is 783. The Kier molecular flexibility index (Phi) is 2.96. The van der Waals surface area contributed by atoms with E-state index in [1.54, 1.807) is 4.90 Å². The maximum Gasteiger partial charge on any atom is 0.416 e. The van der Waals surface area contributed by atoms with Gasteiger partial charge in [0, 0.05) is 30.6 Å². The second-order valence-electron chi connectivity index (χ2n) is 6.27. The standard InChI is InChI=1S/C15H15F3N4O/c1-21-6-10-5-9(21)7-22(10)14(23)13-11-3-2-8(15(16,17)18)4-12(11)19-20-13/h2-4,9-10H,5-7H2,1H3,(H,19,20). The van der Waals surface area contributed by atoms with Gasteiger partial charge in [-0.3, -0.25) is 14.8 Å². The lowest BCUT2D eigenvalue weighted by Gasteiger charge is -2.31. The topological polar surface area (TPSA) is 52.2 Å². The third-order valence-corrected chi connectivity index (χ3v) is 4.87. The van der Waals surface area contributed by atoms with Gasteiger partial charge in [-0.05, 0) is 31.7 Å². The number of benzene rings is 1. The van der Waals surface area contributed by atoms with Crippen molar-refractivity contribution in [1.29, 1.82) is 0 Å². The Morgan fingerprint density at radius 2 is 2.09 bits per heavy atom. The summed E-state index contributed by atoms with van der Waals surface area (Å²) in [5, 5.41) is 6.95. The number of carbonyl (C=O) groups is 1. The minimum atomic E-state index is -4.41. The van der Waals surface area contributed by atoms with Gasteiger partial charge in [-0.15, -0.1) is 0 Å². The molecule has 1 aromatic carbocycles. The van der Waals surface area contributed by atoms with Gasteiger partial charge in [0.15, 0.2) is 5.69 Å². The SMILES string of the molecule is CN1CC2CC1CN2C(=O)c1n[nH]c2cc(C(F)(F)F)ccc12. The number of hydrogen-bond donors (Lipinski definition) is 1. The van der Waals surface area contributed by atoms with Crippen LogP contribution in [0, 0.1) is 0 Å². The quantitative estimate of drug-likeness (QED) is 0.874. The van der Waals surface area contributed by atoms with Crippen molar-refractivity contribution >= 4 is 16.8 Å². The smallest absolute Gasteiger partial charge is 0.331 e. The van der Waals surface area contributed by atoms with E-state index in [9.17, 15) is 18.0 Å². The summed E-state index contributed by atoms with van der Waals surface area (Å²) in [5.41, 5.74) is -0.330. The fourth-order valence-electron chi connectivity index (χ4n) is 3.61. The van der Waals surface area contributed by atoms with E-state index in [4.69, 9.17) is 0 Å². The number of nitrogens with zero attached hydrogens (tertiary/aromatic N) is 3. The summed E-state index contributed by atoms with van der Waals surface area (Å²) in [6.45, 7) is 1.48. The molecule has 0 aliphatic carbocycles. The van der Waals surface area contributed by atoms with E-state index in [0.717, 1.165) is 25.1 Å². The lowest BCUT2D eigenvalue weighted by molar-refractivity contribution is -0.137. The molecule has 2 fully saturated rings. The van der Waals surface area contributed by atoms with Crippen molar-refractivity contribution < 1.29 is 18.0 Å². The maximum atomic E-state index is 12.8. The Hall–Kier alpha value is -2.09. The number of hydrogen-bond acceptors (Lipinski definition) is 3. The summed E-state index contributed by atoms with van der Waals surface area (Å²) in [6, 6.07) is 3.82. The number of alkyl halides is 3. The monoisotopic (exact) mass is 324 g/mol. The van der Waals surface area contributed by atoms with Crippen molar-refractivity contribution in [2.75, 3.05) is 20.1 Å². The molecule has 2 saturated heterocycles. The Morgan fingerprint density at radius 1 is 1.30 bits per heavy atom. The average molecular weight is 324 g/mol. The van der Waals surface area contributed by atoms with Gasteiger partial charge in [0.25, 0.3) is 5.91 Å². The molecule has 1 N–H and O–H groups in total. The third-order valence-electron chi connectivity index (χ3n) is 4.87. The number of aromatic amines is 1. The van der Waals surface area contributed by atoms with Gasteiger partial charge < -0.3 is 4.90 Å². The number of rotatable bonds is 1. The Labute approximate surface area is 130 Å². The summed E-state index contributed by atoms with van der Waals surface area (Å²) in [6.07, 6.45) is -3.47. The molecular weight excluding hydrogens is 309 g/mol. The van der Waals surface area contributed by atoms with E-state index in [-0.39, 0.29) is 23.2 Å². The van der Waals surface area contributed by atoms with E-state index in [1.807, 2.05) is 7.05 Å². The summed E-state index contributed by atoms with van der Waals surface area (Å²) in [7, 11) is 2.04. The maximum absolute atomic E-state index is 12.8. The van der Waals surface area contributed by atoms with Gasteiger partial charge in [0.1, 0.15) is 0 Å². The molecule has 2 aliphatic heterocycles. The van der Waals surface area contributed by atoms with Gasteiger partial charge >= 0.3 is 6.18 Å². The molecule has 1 aromatic heterocycles. The molecule has 0 radical (unpaired) electrons. The van der Waals surface area contributed by atoms with Gasteiger partial charge in [-0.2, -0.15) is 18.3 Å². The first-order valence-corrected chi connectivity index (χ1v) is 7.41. The zero-order valence-corrected chi connectivity index (χ0v) is 12.4. The second kappa shape index (κ2) is 4.70. The molecule has 23 heavy (non-hydrogen) atoms. The molecular formula is C15H15F3N4O. The molecule has 3 heterocycles. The summed E-state index contributed by atoms with van der Waals surface area (Å²) < 4.78 is 38.3. The molecule has 2 aromatic rings. The van der Waals surface area contributed by atoms with Crippen LogP contribution >= 0.6 is 0 Å². The minimum Gasteiger partial charge on any atom is -0.331 e. The fourth-order valence-corrected chi connectivity index (χ4v) is 3.61. The highest BCUT2D eigenvalue weighted by atomic mass is 19.4. The summed E-state index contributed by atoms with van der Waals surface area (Å²) in [4.78, 5) is 16.7. The molecule has 2 unspecified atom stereocenters. The summed E-state index contributed by atoms with van der Waals surface area (Å²) in [5.74, 6) is -0.211. The van der Waals surface area contributed by atoms with Crippen molar-refractivity contribution in [2.45, 2.75) is 24.7 Å². The zero-order chi connectivity index (χ0) is 16.4. The normalized spacial score (nSPS) is 24.8. The van der Waals surface area contributed by atoms with Crippen molar-refractivity contribution in [3.63, 3.8) is 0 Å². The van der Waals surface area contributed by atoms with Crippen LogP contribution in [0.15, 0.2) is 18.2 Å². The number of likely N-dealkylation sites (N-methyl/N-ethyl adjacent to an activating group) is 1. The highest BCUT2D eigenvalue weighted by Crippen LogP contribution is 2.33. The highest BCUT2D eigenvalue weighted by molar-refractivity contribution is 6.05. The van der Waals surface area contributed by atoms with Crippen LogP contribution in [0.5, 0.6) is 0 Å². The van der Waals surface area contributed by atoms with E-state index in [1.165, 1.54) is 6.07 Å². The van der Waals surface area contributed by atoms with E-state index in [2.05, 4.69) is 15.1 Å². The number of halogens is 3. The van der Waals surface area contributed by atoms with Crippen molar-refractivity contribution in [1.82, 2.24) is 20.0 Å². The molecule has 122 valence electrons. The van der Waals surface area contributed by atoms with E-state index >= 15 is 0 Å². The van der Waals surface area contributed by atoms with Crippen LogP contribution in [0.25, 0.3) is 10.9 Å². The number of aromatic nitrogens is 2. The number of nitrogens with one attached hydrogen (secondary N) is 1. The van der Waals surface area contributed by atoms with Crippen LogP contribution in [0.3, 0.4) is 0 Å². The van der Waals surface area contributed by atoms with Crippen molar-refractivity contribution in [2.24, 2.45) is 0 Å². The van der Waals surface area contributed by atoms with Crippen LogP contribution in [-0.2, 0) is 6.18 Å². The molecule has 0 saturated carbocycles. The molecule has 5 nitrogen and oxygen atoms in total. The van der Waals surface area contributed by atoms with Crippen LogP contribution in [-0.4, -0.2) is 58.1 Å². The molecule has 2 aliphatic rings. The zero-order valence-electron chi connectivity index (χ0n) is 12.4. The number of fused-ring (bicyclic) bond motifs is 3. The first kappa shape index (κ1) is 14.5. The minimum absolute atomic E-state index is 0.165. The van der Waals surface area contributed by atoms with Gasteiger partial charge in [0.05, 0.1) is 11.1 Å². The van der Waals surface area contributed by atoms with Crippen LogP contribution in [0.1, 0.15) is 22.5 Å². The molecule has 1 amide bonds. The van der Waals surface area contributed by atoms with E-state index in [0.29, 0.717) is 18.0 Å². The molecule has 2 bridgehead atoms. The number of amides is 1. The number of carbonyl (C=O) groups excluding carboxylic acids is 1. The molecule has 2 atom stereocenters. The van der Waals surface area contributed by atoms with Gasteiger partial charge in [-0.25, -0.2) is 0 Å². The Morgan fingerprint density at radius 3 is 2.70 bits per heavy atom. The lowest BCUT2D eigenvalue weighted by Crippen LogP contribution is -2.47. The van der Waals surface area contributed by atoms with Gasteiger partial charge in [-0.1, -0.05) is 0 Å². The number of piperazine rings is 1. The van der Waals surface area contributed by atoms with Crippen molar-refractivity contribution in [3.05, 3.63) is 29.5 Å². The average Bonchev–Trinajstić information content (AvgIpc) is 3.17. The van der Waals surface area contributed by atoms with E-state index < -0.39 is 11.7 Å². The largest absolute Gasteiger partial charge is 0.416 e. The molecule has 0 spiro atoms. The Balaban J connectivity index is 1.66. The second-order valence-corrected chi connectivity index (χ2v) is 6.27. The third kappa shape index (κ3) is 2.20. The predicted molar refractivity (Wildman–Crippen MR) is 77.0 cm³/mol. The molecule has 8 heteroatoms.